The zero-order valence-corrected chi connectivity index (χ0v) is 15.0. The van der Waals surface area contributed by atoms with Crippen LogP contribution in [0.1, 0.15) is 34.7 Å². The summed E-state index contributed by atoms with van der Waals surface area (Å²) in [5.74, 6) is -0.0288. The summed E-state index contributed by atoms with van der Waals surface area (Å²) in [5, 5.41) is 9.41. The highest BCUT2D eigenvalue weighted by molar-refractivity contribution is 5.51. The van der Waals surface area contributed by atoms with Gasteiger partial charge in [0, 0.05) is 24.0 Å². The van der Waals surface area contributed by atoms with Crippen LogP contribution in [0.5, 0.6) is 5.75 Å². The molecule has 27 heavy (non-hydrogen) atoms. The third-order valence-corrected chi connectivity index (χ3v) is 4.34. The maximum Gasteiger partial charge on any atom is 0.126 e. The summed E-state index contributed by atoms with van der Waals surface area (Å²) < 4.78 is 34.1. The Bertz CT molecular complexity index is 923. The summed E-state index contributed by atoms with van der Waals surface area (Å²) in [7, 11) is 0. The first-order chi connectivity index (χ1) is 13.1. The highest BCUT2D eigenvalue weighted by Gasteiger charge is 2.16. The predicted octanol–water partition coefficient (Wildman–Crippen LogP) is 5.42. The lowest BCUT2D eigenvalue weighted by atomic mass is 9.95. The van der Waals surface area contributed by atoms with Gasteiger partial charge in [-0.05, 0) is 42.3 Å². The van der Waals surface area contributed by atoms with Crippen molar-refractivity contribution < 1.29 is 13.5 Å². The zero-order valence-electron chi connectivity index (χ0n) is 15.0. The molecular weight excluding hydrogens is 344 g/mol. The minimum Gasteiger partial charge on any atom is -0.493 e. The van der Waals surface area contributed by atoms with E-state index in [0.717, 1.165) is 0 Å². The van der Waals surface area contributed by atoms with Crippen molar-refractivity contribution in [3.05, 3.63) is 100 Å². The van der Waals surface area contributed by atoms with Gasteiger partial charge in [-0.15, -0.1) is 0 Å². The molecule has 0 radical (unpaired) electrons. The van der Waals surface area contributed by atoms with Gasteiger partial charge in [-0.2, -0.15) is 5.26 Å². The third kappa shape index (κ3) is 4.32. The molecule has 3 rings (SSSR count). The van der Waals surface area contributed by atoms with E-state index in [1.165, 1.54) is 12.1 Å². The molecule has 2 nitrogen and oxygen atoms in total. The van der Waals surface area contributed by atoms with Crippen molar-refractivity contribution >= 4 is 0 Å². The molecule has 0 aromatic heterocycles. The number of benzene rings is 3. The van der Waals surface area contributed by atoms with Gasteiger partial charge in [0.05, 0.1) is 18.2 Å². The van der Waals surface area contributed by atoms with Crippen LogP contribution in [0.2, 0.25) is 0 Å². The van der Waals surface area contributed by atoms with Crippen LogP contribution in [0.15, 0.2) is 60.7 Å². The molecule has 136 valence electrons. The molecule has 0 amide bonds. The molecule has 3 aromatic carbocycles. The Balaban J connectivity index is 2.08. The topological polar surface area (TPSA) is 33.0 Å². The highest BCUT2D eigenvalue weighted by atomic mass is 19.1. The number of ether oxygens (including phenoxy) is 1. The summed E-state index contributed by atoms with van der Waals surface area (Å²) in [6.45, 7) is 2.28. The van der Waals surface area contributed by atoms with Gasteiger partial charge in [0.25, 0.3) is 0 Å². The van der Waals surface area contributed by atoms with Crippen molar-refractivity contribution in [2.24, 2.45) is 0 Å². The smallest absolute Gasteiger partial charge is 0.126 e. The molecule has 0 aliphatic rings. The molecule has 0 atom stereocenters. The summed E-state index contributed by atoms with van der Waals surface area (Å²) >= 11 is 0. The molecule has 0 aliphatic carbocycles. The van der Waals surface area contributed by atoms with Crippen molar-refractivity contribution in [1.82, 2.24) is 0 Å². The van der Waals surface area contributed by atoms with Crippen molar-refractivity contribution in [2.45, 2.75) is 19.8 Å². The Hall–Kier alpha value is -3.19. The van der Waals surface area contributed by atoms with E-state index < -0.39 is 0 Å². The quantitative estimate of drug-likeness (QED) is 0.586. The monoisotopic (exact) mass is 363 g/mol. The number of nitrogens with zero attached hydrogens (tertiary/aromatic N) is 1. The Morgan fingerprint density at radius 2 is 1.30 bits per heavy atom. The van der Waals surface area contributed by atoms with Crippen molar-refractivity contribution in [3.63, 3.8) is 0 Å². The van der Waals surface area contributed by atoms with Crippen molar-refractivity contribution in [3.8, 4) is 11.8 Å². The van der Waals surface area contributed by atoms with Crippen LogP contribution in [0.4, 0.5) is 8.78 Å². The minimum absolute atomic E-state index is 0.293. The Kier molecular flexibility index (Phi) is 5.83. The summed E-state index contributed by atoms with van der Waals surface area (Å²) in [6, 6.07) is 18.6. The average Bonchev–Trinajstić information content (AvgIpc) is 2.67. The molecule has 4 heteroatoms. The Morgan fingerprint density at radius 1 is 0.815 bits per heavy atom. The molecule has 0 bridgehead atoms. The lowest BCUT2D eigenvalue weighted by Crippen LogP contribution is -2.05. The predicted molar refractivity (Wildman–Crippen MR) is 101 cm³/mol. The fourth-order valence-corrected chi connectivity index (χ4v) is 3.11. The molecule has 0 N–H and O–H groups in total. The first-order valence-corrected chi connectivity index (χ1v) is 8.78. The van der Waals surface area contributed by atoms with Crippen molar-refractivity contribution in [1.29, 1.82) is 5.26 Å². The van der Waals surface area contributed by atoms with E-state index in [1.54, 1.807) is 48.5 Å². The summed E-state index contributed by atoms with van der Waals surface area (Å²) in [6.07, 6.45) is 0.587. The lowest BCUT2D eigenvalue weighted by Gasteiger charge is -2.17. The maximum atomic E-state index is 14.1. The summed E-state index contributed by atoms with van der Waals surface area (Å²) in [4.78, 5) is 0. The minimum atomic E-state index is -0.307. The van der Waals surface area contributed by atoms with Gasteiger partial charge in [-0.1, -0.05) is 36.4 Å². The van der Waals surface area contributed by atoms with E-state index in [2.05, 4.69) is 6.07 Å². The van der Waals surface area contributed by atoms with Crippen LogP contribution in [-0.2, 0) is 12.8 Å². The van der Waals surface area contributed by atoms with E-state index in [0.29, 0.717) is 53.0 Å². The number of rotatable bonds is 6. The zero-order chi connectivity index (χ0) is 19.2. The third-order valence-electron chi connectivity index (χ3n) is 4.34. The second kappa shape index (κ2) is 8.46. The molecule has 0 aliphatic heterocycles. The van der Waals surface area contributed by atoms with E-state index in [4.69, 9.17) is 4.74 Å². The van der Waals surface area contributed by atoms with Crippen molar-refractivity contribution in [2.75, 3.05) is 6.61 Å². The van der Waals surface area contributed by atoms with E-state index in [1.807, 2.05) is 6.92 Å². The maximum absolute atomic E-state index is 14.1. The van der Waals surface area contributed by atoms with Crippen LogP contribution >= 0.6 is 0 Å². The largest absolute Gasteiger partial charge is 0.493 e. The van der Waals surface area contributed by atoms with Crippen LogP contribution in [0.3, 0.4) is 0 Å². The molecule has 0 fully saturated rings. The Labute approximate surface area is 157 Å². The van der Waals surface area contributed by atoms with Gasteiger partial charge in [0.2, 0.25) is 0 Å². The van der Waals surface area contributed by atoms with Gasteiger partial charge >= 0.3 is 0 Å². The molecular formula is C23H19F2NO. The molecule has 0 saturated heterocycles. The van der Waals surface area contributed by atoms with Gasteiger partial charge in [0.15, 0.2) is 0 Å². The van der Waals surface area contributed by atoms with E-state index in [-0.39, 0.29) is 11.6 Å². The van der Waals surface area contributed by atoms with E-state index >= 15 is 0 Å². The molecule has 0 heterocycles. The molecule has 3 aromatic rings. The Morgan fingerprint density at radius 3 is 1.70 bits per heavy atom. The van der Waals surface area contributed by atoms with Gasteiger partial charge < -0.3 is 4.74 Å². The summed E-state index contributed by atoms with van der Waals surface area (Å²) in [5.41, 5.74) is 2.91. The fourth-order valence-electron chi connectivity index (χ4n) is 3.11. The van der Waals surface area contributed by atoms with Gasteiger partial charge in [-0.3, -0.25) is 0 Å². The van der Waals surface area contributed by atoms with Gasteiger partial charge in [-0.25, -0.2) is 8.78 Å². The van der Waals surface area contributed by atoms with Crippen LogP contribution in [0.25, 0.3) is 0 Å². The van der Waals surface area contributed by atoms with Crippen LogP contribution in [-0.4, -0.2) is 6.61 Å². The van der Waals surface area contributed by atoms with E-state index in [9.17, 15) is 14.0 Å². The second-order valence-corrected chi connectivity index (χ2v) is 6.20. The number of hydrogen-bond acceptors (Lipinski definition) is 2. The van der Waals surface area contributed by atoms with Crippen LogP contribution < -0.4 is 4.74 Å². The first-order valence-electron chi connectivity index (χ1n) is 8.78. The lowest BCUT2D eigenvalue weighted by molar-refractivity contribution is 0.333. The number of nitriles is 1. The first kappa shape index (κ1) is 18.6. The average molecular weight is 363 g/mol. The standard InChI is InChI=1S/C23H19F2NO/c1-2-27-23-19(13-17-7-3-5-9-21(17)24)11-16(15-26)12-20(23)14-18-8-4-6-10-22(18)25/h3-12H,2,13-14H2,1H3. The normalized spacial score (nSPS) is 10.4. The molecule has 0 unspecified atom stereocenters. The molecule has 0 saturated carbocycles. The fraction of sp³-hybridized carbons (Fsp3) is 0.174. The molecule has 0 spiro atoms. The SMILES string of the molecule is CCOc1c(Cc2ccccc2F)cc(C#N)cc1Cc1ccccc1F. The second-order valence-electron chi connectivity index (χ2n) is 6.20. The van der Waals surface area contributed by atoms with Crippen LogP contribution in [0, 0.1) is 23.0 Å². The number of halogens is 2. The van der Waals surface area contributed by atoms with Gasteiger partial charge in [0.1, 0.15) is 17.4 Å². The highest BCUT2D eigenvalue weighted by Crippen LogP contribution is 2.31. The number of hydrogen-bond donors (Lipinski definition) is 0.